The minimum atomic E-state index is 0.620. The molecule has 3 rings (SSSR count). The quantitative estimate of drug-likeness (QED) is 0.631. The lowest BCUT2D eigenvalue weighted by Gasteiger charge is -2.03. The average molecular weight is 244 g/mol. The normalized spacial score (nSPS) is 10.9. The van der Waals surface area contributed by atoms with Crippen molar-refractivity contribution in [1.82, 2.24) is 4.98 Å². The third-order valence-corrected chi connectivity index (χ3v) is 3.06. The van der Waals surface area contributed by atoms with Gasteiger partial charge in [0.05, 0.1) is 5.02 Å². The maximum atomic E-state index is 6.36. The Morgan fingerprint density at radius 3 is 2.71 bits per heavy atom. The fourth-order valence-electron chi connectivity index (χ4n) is 1.89. The van der Waals surface area contributed by atoms with Gasteiger partial charge in [0, 0.05) is 17.8 Å². The zero-order chi connectivity index (χ0) is 11.8. The van der Waals surface area contributed by atoms with Crippen molar-refractivity contribution in [3.63, 3.8) is 0 Å². The molecule has 0 aliphatic heterocycles. The molecule has 3 aromatic rings. The highest BCUT2D eigenvalue weighted by molar-refractivity contribution is 6.37. The minimum absolute atomic E-state index is 0.620. The molecule has 0 aliphatic rings. The van der Waals surface area contributed by atoms with E-state index in [1.54, 1.807) is 6.20 Å². The highest BCUT2D eigenvalue weighted by atomic mass is 35.5. The summed E-state index contributed by atoms with van der Waals surface area (Å²) in [7, 11) is 0. The third-order valence-electron chi connectivity index (χ3n) is 2.69. The van der Waals surface area contributed by atoms with Gasteiger partial charge in [-0.2, -0.15) is 0 Å². The van der Waals surface area contributed by atoms with Crippen LogP contribution >= 0.6 is 11.6 Å². The van der Waals surface area contributed by atoms with E-state index in [-0.39, 0.29) is 0 Å². The monoisotopic (exact) mass is 243 g/mol. The van der Waals surface area contributed by atoms with E-state index in [2.05, 4.69) is 4.98 Å². The van der Waals surface area contributed by atoms with Crippen LogP contribution in [0.3, 0.4) is 0 Å². The van der Waals surface area contributed by atoms with Gasteiger partial charge in [-0.1, -0.05) is 41.9 Å². The molecule has 1 aromatic carbocycles. The van der Waals surface area contributed by atoms with Crippen LogP contribution in [-0.2, 0) is 0 Å². The summed E-state index contributed by atoms with van der Waals surface area (Å²) in [5.74, 6) is 0.819. The van der Waals surface area contributed by atoms with E-state index in [1.165, 1.54) is 0 Å². The lowest BCUT2D eigenvalue weighted by Crippen LogP contribution is -1.82. The summed E-state index contributed by atoms with van der Waals surface area (Å²) in [6, 6.07) is 11.8. The van der Waals surface area contributed by atoms with Crippen LogP contribution in [0, 0.1) is 6.92 Å². The van der Waals surface area contributed by atoms with Crippen molar-refractivity contribution in [2.75, 3.05) is 0 Å². The molecular formula is C14H10ClNO. The van der Waals surface area contributed by atoms with Gasteiger partial charge in [0.1, 0.15) is 11.3 Å². The topological polar surface area (TPSA) is 26.0 Å². The first kappa shape index (κ1) is 10.4. The van der Waals surface area contributed by atoms with Gasteiger partial charge in [0.15, 0.2) is 5.58 Å². The Morgan fingerprint density at radius 1 is 1.18 bits per heavy atom. The SMILES string of the molecule is Cc1cc2ncc(-c3ccccc3)c(Cl)c2o1. The summed E-state index contributed by atoms with van der Waals surface area (Å²) in [5, 5.41) is 0.620. The molecule has 84 valence electrons. The van der Waals surface area contributed by atoms with Crippen molar-refractivity contribution < 1.29 is 4.42 Å². The van der Waals surface area contributed by atoms with Crippen molar-refractivity contribution in [3.8, 4) is 11.1 Å². The van der Waals surface area contributed by atoms with Crippen molar-refractivity contribution >= 4 is 22.7 Å². The second-order valence-corrected chi connectivity index (χ2v) is 4.30. The smallest absolute Gasteiger partial charge is 0.171 e. The Balaban J connectivity index is 2.28. The molecule has 0 atom stereocenters. The number of benzene rings is 1. The van der Waals surface area contributed by atoms with Crippen LogP contribution in [-0.4, -0.2) is 4.98 Å². The minimum Gasteiger partial charge on any atom is -0.458 e. The van der Waals surface area contributed by atoms with Gasteiger partial charge in [-0.05, 0) is 12.5 Å². The number of pyridine rings is 1. The second kappa shape index (κ2) is 3.90. The van der Waals surface area contributed by atoms with Crippen molar-refractivity contribution in [2.45, 2.75) is 6.92 Å². The van der Waals surface area contributed by atoms with Gasteiger partial charge < -0.3 is 4.42 Å². The van der Waals surface area contributed by atoms with E-state index in [4.69, 9.17) is 16.0 Å². The zero-order valence-corrected chi connectivity index (χ0v) is 10.0. The predicted molar refractivity (Wildman–Crippen MR) is 69.2 cm³/mol. The van der Waals surface area contributed by atoms with E-state index < -0.39 is 0 Å². The Bertz CT molecular complexity index is 673. The molecule has 0 spiro atoms. The molecule has 3 heteroatoms. The summed E-state index contributed by atoms with van der Waals surface area (Å²) >= 11 is 6.36. The van der Waals surface area contributed by atoms with E-state index in [0.717, 1.165) is 22.4 Å². The zero-order valence-electron chi connectivity index (χ0n) is 9.27. The molecule has 0 saturated carbocycles. The number of hydrogen-bond donors (Lipinski definition) is 0. The third kappa shape index (κ3) is 1.71. The van der Waals surface area contributed by atoms with Crippen LogP contribution in [0.15, 0.2) is 47.0 Å². The van der Waals surface area contributed by atoms with Crippen LogP contribution in [0.25, 0.3) is 22.2 Å². The molecule has 2 nitrogen and oxygen atoms in total. The Labute approximate surface area is 104 Å². The fourth-order valence-corrected chi connectivity index (χ4v) is 2.18. The van der Waals surface area contributed by atoms with E-state index >= 15 is 0 Å². The van der Waals surface area contributed by atoms with Gasteiger partial charge in [0.25, 0.3) is 0 Å². The summed E-state index contributed by atoms with van der Waals surface area (Å²) in [5.41, 5.74) is 3.40. The van der Waals surface area contributed by atoms with Gasteiger partial charge >= 0.3 is 0 Å². The summed E-state index contributed by atoms with van der Waals surface area (Å²) < 4.78 is 5.57. The number of halogens is 1. The van der Waals surface area contributed by atoms with Crippen LogP contribution in [0.1, 0.15) is 5.76 Å². The number of hydrogen-bond acceptors (Lipinski definition) is 2. The highest BCUT2D eigenvalue weighted by Crippen LogP contribution is 2.34. The number of aryl methyl sites for hydroxylation is 1. The summed E-state index contributed by atoms with van der Waals surface area (Å²) in [6.07, 6.45) is 1.79. The van der Waals surface area contributed by atoms with Crippen LogP contribution < -0.4 is 0 Å². The van der Waals surface area contributed by atoms with E-state index in [9.17, 15) is 0 Å². The molecule has 17 heavy (non-hydrogen) atoms. The number of fused-ring (bicyclic) bond motifs is 1. The molecular weight excluding hydrogens is 234 g/mol. The molecule has 0 fully saturated rings. The standard InChI is InChI=1S/C14H10ClNO/c1-9-7-12-14(17-9)13(15)11(8-16-12)10-5-3-2-4-6-10/h2-8H,1H3. The largest absolute Gasteiger partial charge is 0.458 e. The molecule has 0 unspecified atom stereocenters. The fraction of sp³-hybridized carbons (Fsp3) is 0.0714. The van der Waals surface area contributed by atoms with E-state index in [1.807, 2.05) is 43.3 Å². The van der Waals surface area contributed by atoms with Gasteiger partial charge in [-0.25, -0.2) is 0 Å². The van der Waals surface area contributed by atoms with Crippen molar-refractivity contribution in [2.24, 2.45) is 0 Å². The van der Waals surface area contributed by atoms with Crippen molar-refractivity contribution in [1.29, 1.82) is 0 Å². The Kier molecular flexibility index (Phi) is 2.37. The average Bonchev–Trinajstić information content (AvgIpc) is 2.72. The van der Waals surface area contributed by atoms with Gasteiger partial charge in [-0.3, -0.25) is 4.98 Å². The first-order valence-corrected chi connectivity index (χ1v) is 5.73. The molecule has 0 N–H and O–H groups in total. The van der Waals surface area contributed by atoms with Crippen LogP contribution in [0.2, 0.25) is 5.02 Å². The Hall–Kier alpha value is -1.80. The number of nitrogens with zero attached hydrogens (tertiary/aromatic N) is 1. The maximum absolute atomic E-state index is 6.36. The summed E-state index contributed by atoms with van der Waals surface area (Å²) in [6.45, 7) is 1.89. The number of furan rings is 1. The lowest BCUT2D eigenvalue weighted by atomic mass is 10.1. The molecule has 0 aliphatic carbocycles. The van der Waals surface area contributed by atoms with Gasteiger partial charge in [0.2, 0.25) is 0 Å². The first-order chi connectivity index (χ1) is 8.25. The summed E-state index contributed by atoms with van der Waals surface area (Å²) in [4.78, 5) is 4.36. The second-order valence-electron chi connectivity index (χ2n) is 3.92. The number of aromatic nitrogens is 1. The maximum Gasteiger partial charge on any atom is 0.171 e. The van der Waals surface area contributed by atoms with Crippen LogP contribution in [0.4, 0.5) is 0 Å². The molecule has 0 radical (unpaired) electrons. The number of rotatable bonds is 1. The molecule has 0 bridgehead atoms. The van der Waals surface area contributed by atoms with Crippen LogP contribution in [0.5, 0.6) is 0 Å². The highest BCUT2D eigenvalue weighted by Gasteiger charge is 2.12. The molecule has 2 heterocycles. The lowest BCUT2D eigenvalue weighted by molar-refractivity contribution is 0.578. The van der Waals surface area contributed by atoms with Crippen molar-refractivity contribution in [3.05, 3.63) is 53.4 Å². The van der Waals surface area contributed by atoms with E-state index in [0.29, 0.717) is 10.6 Å². The molecule has 0 saturated heterocycles. The Morgan fingerprint density at radius 2 is 1.94 bits per heavy atom. The van der Waals surface area contributed by atoms with Gasteiger partial charge in [-0.15, -0.1) is 0 Å². The predicted octanol–water partition coefficient (Wildman–Crippen LogP) is 4.46. The molecule has 2 aromatic heterocycles. The molecule has 0 amide bonds. The first-order valence-electron chi connectivity index (χ1n) is 5.36.